The van der Waals surface area contributed by atoms with Crippen molar-refractivity contribution in [2.24, 2.45) is 0 Å². The van der Waals surface area contributed by atoms with Crippen LogP contribution in [0.2, 0.25) is 0 Å². The van der Waals surface area contributed by atoms with Gasteiger partial charge in [-0.1, -0.05) is 18.2 Å². The van der Waals surface area contributed by atoms with Crippen LogP contribution in [0.5, 0.6) is 0 Å². The number of piperidine rings is 1. The molecule has 6 heteroatoms. The van der Waals surface area contributed by atoms with Gasteiger partial charge in [0.15, 0.2) is 5.79 Å². The van der Waals surface area contributed by atoms with Crippen LogP contribution in [0.1, 0.15) is 19.8 Å². The largest absolute Gasteiger partial charge is 0.347 e. The highest BCUT2D eigenvalue weighted by molar-refractivity contribution is 5.60. The summed E-state index contributed by atoms with van der Waals surface area (Å²) < 4.78 is 11.6. The molecule has 0 radical (unpaired) electrons. The van der Waals surface area contributed by atoms with Crippen molar-refractivity contribution in [3.63, 3.8) is 0 Å². The number of anilines is 3. The Balaban J connectivity index is 1.51. The number of nitrogens with zero attached hydrogens (tertiary/aromatic N) is 4. The molecule has 132 valence electrons. The Bertz CT molecular complexity index is 694. The molecule has 25 heavy (non-hydrogen) atoms. The van der Waals surface area contributed by atoms with E-state index in [9.17, 15) is 0 Å². The minimum Gasteiger partial charge on any atom is -0.347 e. The average molecular weight is 340 g/mol. The molecule has 0 amide bonds. The molecule has 2 fully saturated rings. The zero-order valence-corrected chi connectivity index (χ0v) is 14.6. The molecule has 1 spiro atoms. The zero-order chi connectivity index (χ0) is 17.1. The van der Waals surface area contributed by atoms with Crippen LogP contribution in [-0.4, -0.2) is 48.6 Å². The van der Waals surface area contributed by atoms with E-state index in [1.807, 2.05) is 30.5 Å². The molecular formula is C19H24N4O2. The van der Waals surface area contributed by atoms with Gasteiger partial charge in [0, 0.05) is 44.4 Å². The summed E-state index contributed by atoms with van der Waals surface area (Å²) in [5, 5.41) is 0. The number of aromatic nitrogens is 2. The monoisotopic (exact) mass is 340 g/mol. The highest BCUT2D eigenvalue weighted by Gasteiger charge is 2.40. The van der Waals surface area contributed by atoms with Crippen molar-refractivity contribution in [2.45, 2.75) is 25.6 Å². The molecular weight excluding hydrogens is 316 g/mol. The lowest BCUT2D eigenvalue weighted by atomic mass is 10.0. The second-order valence-electron chi connectivity index (χ2n) is 6.39. The highest BCUT2D eigenvalue weighted by Crippen LogP contribution is 2.33. The van der Waals surface area contributed by atoms with Crippen LogP contribution in [-0.2, 0) is 9.47 Å². The number of benzene rings is 1. The number of hydrogen-bond donors (Lipinski definition) is 0. The first-order valence-corrected chi connectivity index (χ1v) is 8.98. The van der Waals surface area contributed by atoms with Gasteiger partial charge in [-0.3, -0.25) is 0 Å². The predicted octanol–water partition coefficient (Wildman–Crippen LogP) is 2.98. The van der Waals surface area contributed by atoms with Crippen LogP contribution in [0.3, 0.4) is 0 Å². The lowest BCUT2D eigenvalue weighted by molar-refractivity contribution is -0.169. The standard InChI is InChI=1S/C19H24N4O2/c1-2-23(16-6-4-3-5-7-16)17-8-11-20-18(21-17)22-12-9-19(10-13-22)24-14-15-25-19/h3-8,11H,2,9-10,12-15H2,1H3. The van der Waals surface area contributed by atoms with Crippen molar-refractivity contribution >= 4 is 17.5 Å². The van der Waals surface area contributed by atoms with Crippen molar-refractivity contribution < 1.29 is 9.47 Å². The maximum atomic E-state index is 5.80. The van der Waals surface area contributed by atoms with Gasteiger partial charge in [0.2, 0.25) is 5.95 Å². The predicted molar refractivity (Wildman–Crippen MR) is 97.2 cm³/mol. The summed E-state index contributed by atoms with van der Waals surface area (Å²) in [6, 6.07) is 12.3. The fourth-order valence-electron chi connectivity index (χ4n) is 3.56. The molecule has 2 aromatic rings. The Morgan fingerprint density at radius 3 is 2.48 bits per heavy atom. The molecule has 1 aromatic carbocycles. The van der Waals surface area contributed by atoms with E-state index in [-0.39, 0.29) is 5.79 Å². The van der Waals surface area contributed by atoms with Crippen LogP contribution in [0, 0.1) is 0 Å². The first-order valence-electron chi connectivity index (χ1n) is 8.98. The third kappa shape index (κ3) is 3.32. The minimum absolute atomic E-state index is 0.367. The summed E-state index contributed by atoms with van der Waals surface area (Å²) in [4.78, 5) is 13.7. The lowest BCUT2D eigenvalue weighted by Crippen LogP contribution is -2.45. The van der Waals surface area contributed by atoms with Gasteiger partial charge >= 0.3 is 0 Å². The summed E-state index contributed by atoms with van der Waals surface area (Å²) in [5.41, 5.74) is 1.14. The van der Waals surface area contributed by atoms with E-state index < -0.39 is 0 Å². The van der Waals surface area contributed by atoms with E-state index in [1.165, 1.54) is 0 Å². The van der Waals surface area contributed by atoms with Crippen LogP contribution in [0.4, 0.5) is 17.5 Å². The lowest BCUT2D eigenvalue weighted by Gasteiger charge is -2.37. The fourth-order valence-corrected chi connectivity index (χ4v) is 3.56. The third-order valence-corrected chi connectivity index (χ3v) is 4.91. The maximum Gasteiger partial charge on any atom is 0.227 e. The second-order valence-corrected chi connectivity index (χ2v) is 6.39. The Morgan fingerprint density at radius 2 is 1.80 bits per heavy atom. The number of rotatable bonds is 4. The van der Waals surface area contributed by atoms with Gasteiger partial charge in [0.1, 0.15) is 5.82 Å². The van der Waals surface area contributed by atoms with E-state index in [0.717, 1.165) is 49.9 Å². The molecule has 0 aliphatic carbocycles. The van der Waals surface area contributed by atoms with Gasteiger partial charge in [-0.15, -0.1) is 0 Å². The molecule has 1 aromatic heterocycles. The van der Waals surface area contributed by atoms with E-state index >= 15 is 0 Å². The van der Waals surface area contributed by atoms with Crippen LogP contribution in [0.25, 0.3) is 0 Å². The molecule has 0 unspecified atom stereocenters. The number of hydrogen-bond acceptors (Lipinski definition) is 6. The average Bonchev–Trinajstić information content (AvgIpc) is 3.12. The molecule has 0 bridgehead atoms. The molecule has 6 nitrogen and oxygen atoms in total. The maximum absolute atomic E-state index is 5.80. The van der Waals surface area contributed by atoms with Gasteiger partial charge in [0.25, 0.3) is 0 Å². The summed E-state index contributed by atoms with van der Waals surface area (Å²) in [6.45, 7) is 6.09. The number of para-hydroxylation sites is 1. The summed E-state index contributed by atoms with van der Waals surface area (Å²) in [7, 11) is 0. The first-order chi connectivity index (χ1) is 12.3. The molecule has 0 N–H and O–H groups in total. The minimum atomic E-state index is -0.367. The zero-order valence-electron chi connectivity index (χ0n) is 14.6. The molecule has 2 aliphatic rings. The molecule has 4 rings (SSSR count). The highest BCUT2D eigenvalue weighted by atomic mass is 16.7. The van der Waals surface area contributed by atoms with E-state index in [0.29, 0.717) is 13.2 Å². The smallest absolute Gasteiger partial charge is 0.227 e. The Kier molecular flexibility index (Phi) is 4.55. The first kappa shape index (κ1) is 16.3. The van der Waals surface area contributed by atoms with Gasteiger partial charge in [0.05, 0.1) is 13.2 Å². The van der Waals surface area contributed by atoms with Crippen LogP contribution in [0.15, 0.2) is 42.6 Å². The van der Waals surface area contributed by atoms with E-state index in [2.05, 4.69) is 33.8 Å². The van der Waals surface area contributed by atoms with E-state index in [1.54, 1.807) is 0 Å². The van der Waals surface area contributed by atoms with Crippen molar-refractivity contribution in [2.75, 3.05) is 42.6 Å². The van der Waals surface area contributed by atoms with Gasteiger partial charge in [-0.2, -0.15) is 4.98 Å². The molecule has 3 heterocycles. The van der Waals surface area contributed by atoms with Crippen molar-refractivity contribution in [3.05, 3.63) is 42.6 Å². The quantitative estimate of drug-likeness (QED) is 0.853. The SMILES string of the molecule is CCN(c1ccccc1)c1ccnc(N2CCC3(CC2)OCCO3)n1. The fraction of sp³-hybridized carbons (Fsp3) is 0.474. The summed E-state index contributed by atoms with van der Waals surface area (Å²) in [5.74, 6) is 1.33. The van der Waals surface area contributed by atoms with Crippen LogP contribution < -0.4 is 9.80 Å². The van der Waals surface area contributed by atoms with Crippen molar-refractivity contribution in [1.82, 2.24) is 9.97 Å². The topological polar surface area (TPSA) is 50.7 Å². The third-order valence-electron chi connectivity index (χ3n) is 4.91. The summed E-state index contributed by atoms with van der Waals surface area (Å²) >= 11 is 0. The molecule has 2 saturated heterocycles. The van der Waals surface area contributed by atoms with Crippen molar-refractivity contribution in [1.29, 1.82) is 0 Å². The molecule has 0 saturated carbocycles. The van der Waals surface area contributed by atoms with Gasteiger partial charge in [-0.25, -0.2) is 4.98 Å². The van der Waals surface area contributed by atoms with Crippen LogP contribution >= 0.6 is 0 Å². The van der Waals surface area contributed by atoms with Crippen molar-refractivity contribution in [3.8, 4) is 0 Å². The van der Waals surface area contributed by atoms with Gasteiger partial charge in [-0.05, 0) is 25.1 Å². The second kappa shape index (κ2) is 6.98. The molecule has 2 aliphatic heterocycles. The summed E-state index contributed by atoms with van der Waals surface area (Å²) in [6.07, 6.45) is 3.56. The van der Waals surface area contributed by atoms with Gasteiger partial charge < -0.3 is 19.3 Å². The Morgan fingerprint density at radius 1 is 1.08 bits per heavy atom. The Hall–Kier alpha value is -2.18. The Labute approximate surface area is 148 Å². The molecule has 0 atom stereocenters. The number of ether oxygens (including phenoxy) is 2. The van der Waals surface area contributed by atoms with E-state index in [4.69, 9.17) is 14.5 Å². The normalized spacial score (nSPS) is 19.3.